The van der Waals surface area contributed by atoms with E-state index in [1.807, 2.05) is 0 Å². The average molecular weight is 762 g/mol. The van der Waals surface area contributed by atoms with E-state index in [9.17, 15) is 54.2 Å². The Morgan fingerprint density at radius 3 is 2.43 bits per heavy atom. The van der Waals surface area contributed by atoms with E-state index in [4.69, 9.17) is 19.9 Å². The number of aliphatic imine (C=N–C) groups is 1. The summed E-state index contributed by atoms with van der Waals surface area (Å²) in [5.74, 6) is -4.04. The molecule has 288 valence electrons. The molecule has 7 atom stereocenters. The van der Waals surface area contributed by atoms with Crippen LogP contribution in [-0.4, -0.2) is 129 Å². The van der Waals surface area contributed by atoms with Gasteiger partial charge in [0.15, 0.2) is 17.9 Å². The number of nitrogens with one attached hydrogen (secondary N) is 1. The number of nitrogens with zero attached hydrogens (tertiary/aromatic N) is 1. The first-order valence-electron chi connectivity index (χ1n) is 17.0. The Balaban J connectivity index is 1.52. The van der Waals surface area contributed by atoms with Crippen LogP contribution in [0.5, 0.6) is 17.2 Å². The van der Waals surface area contributed by atoms with Crippen molar-refractivity contribution in [2.24, 2.45) is 10.7 Å². The van der Waals surface area contributed by atoms with Crippen molar-refractivity contribution in [3.8, 4) is 17.2 Å². The Morgan fingerprint density at radius 2 is 1.79 bits per heavy atom. The van der Waals surface area contributed by atoms with Gasteiger partial charge in [0.2, 0.25) is 19.1 Å². The van der Waals surface area contributed by atoms with E-state index in [0.717, 1.165) is 0 Å². The first-order valence-corrected chi connectivity index (χ1v) is 19.0. The second kappa shape index (κ2) is 15.7. The maximum atomic E-state index is 13.9. The highest BCUT2D eigenvalue weighted by molar-refractivity contribution is 7.58. The maximum Gasteiger partial charge on any atom is 0.220 e. The molecular formula is C35H44N3O14P. The maximum absolute atomic E-state index is 13.9. The number of methoxy groups -OCH3 is 1. The number of carbonyl (C=O) groups excluding carboxylic acids is 4. The van der Waals surface area contributed by atoms with Gasteiger partial charge in [-0.3, -0.25) is 28.7 Å². The molecule has 0 saturated carbocycles. The molecule has 3 aliphatic rings. The fraction of sp³-hybridized carbons (Fsp3) is 0.514. The normalized spacial score (nSPS) is 26.6. The first-order chi connectivity index (χ1) is 25.0. The summed E-state index contributed by atoms with van der Waals surface area (Å²) in [6.07, 6.45) is -6.78. The molecule has 0 radical (unpaired) electrons. The number of hydrogen-bond acceptors (Lipinski definition) is 15. The average Bonchev–Trinajstić information content (AvgIpc) is 3.12. The molecule has 1 fully saturated rings. The number of aliphatic hydroxyl groups is 3. The van der Waals surface area contributed by atoms with Crippen molar-refractivity contribution in [3.05, 3.63) is 51.6 Å². The van der Waals surface area contributed by atoms with E-state index >= 15 is 0 Å². The summed E-state index contributed by atoms with van der Waals surface area (Å²) in [5, 5.41) is 58.8. The molecular weight excluding hydrogens is 717 g/mol. The van der Waals surface area contributed by atoms with Crippen LogP contribution < -0.4 is 15.8 Å². The minimum atomic E-state index is -3.83. The molecule has 0 aromatic heterocycles. The molecule has 9 N–H and O–H groups in total. The summed E-state index contributed by atoms with van der Waals surface area (Å²) in [7, 11) is -1.14. The van der Waals surface area contributed by atoms with Crippen molar-refractivity contribution in [1.29, 1.82) is 0 Å². The molecule has 2 unspecified atom stereocenters. The number of amides is 1. The SMILES string of the molecule is CNC(=O)CCP(=O)(O)CCC(=O)CN=C(CO)[C@]1(O)Cc2c(O)c3c(c(O)c2[C@@H](OC2C[C@H](N)[C@H](O)[C@H](C)O2)C1)C(=O)c1c(OC)cccc1C3=O. The first kappa shape index (κ1) is 40.1. The molecule has 0 spiro atoms. The number of ether oxygens (including phenoxy) is 3. The molecule has 17 nitrogen and oxygen atoms in total. The highest BCUT2D eigenvalue weighted by Crippen LogP contribution is 2.52. The van der Waals surface area contributed by atoms with Crippen LogP contribution in [0, 0.1) is 0 Å². The summed E-state index contributed by atoms with van der Waals surface area (Å²) in [6, 6.07) is 3.52. The molecule has 0 bridgehead atoms. The number of phenolic OH excluding ortho intramolecular Hbond substituents is 2. The van der Waals surface area contributed by atoms with Crippen molar-refractivity contribution >= 4 is 36.3 Å². The van der Waals surface area contributed by atoms with Gasteiger partial charge in [-0.25, -0.2) is 0 Å². The zero-order valence-corrected chi connectivity index (χ0v) is 30.3. The number of aliphatic hydroxyl groups excluding tert-OH is 2. The number of carbonyl (C=O) groups is 4. The van der Waals surface area contributed by atoms with Gasteiger partial charge in [-0.05, 0) is 13.0 Å². The Kier molecular flexibility index (Phi) is 11.9. The largest absolute Gasteiger partial charge is 0.507 e. The fourth-order valence-corrected chi connectivity index (χ4v) is 8.40. The predicted molar refractivity (Wildman–Crippen MR) is 187 cm³/mol. The second-order valence-corrected chi connectivity index (χ2v) is 16.1. The molecule has 2 aromatic carbocycles. The van der Waals surface area contributed by atoms with Crippen LogP contribution in [0.25, 0.3) is 0 Å². The standard InChI is InChI=1S/C35H44N3O14P/c1-16-30(42)20(36)11-25(51-16)52-22-13-35(47,23(15-39)38-14-17(40)7-9-53(48,49)10-8-24(41)37-2)12-19-27(22)34(46)29-28(32(19)44)31(43)18-5-4-6-21(50-3)26(18)33(29)45/h4-6,16,20,22,25,30,39,42,44,46-47H,7-15,36H2,1-3H3,(H,37,41)(H,48,49)/t16-,20-,22-,25?,30+,35-/m0/s1. The van der Waals surface area contributed by atoms with Crippen molar-refractivity contribution in [1.82, 2.24) is 5.32 Å². The summed E-state index contributed by atoms with van der Waals surface area (Å²) in [5.41, 5.74) is 1.99. The second-order valence-electron chi connectivity index (χ2n) is 13.5. The van der Waals surface area contributed by atoms with E-state index in [0.29, 0.717) is 0 Å². The van der Waals surface area contributed by atoms with Crippen LogP contribution >= 0.6 is 7.37 Å². The van der Waals surface area contributed by atoms with Crippen LogP contribution in [-0.2, 0) is 30.0 Å². The van der Waals surface area contributed by atoms with Crippen LogP contribution in [0.15, 0.2) is 23.2 Å². The number of nitrogens with two attached hydrogens (primary N) is 1. The number of phenols is 2. The van der Waals surface area contributed by atoms with Crippen LogP contribution in [0.4, 0.5) is 0 Å². The molecule has 1 aliphatic heterocycles. The van der Waals surface area contributed by atoms with Gasteiger partial charge in [-0.15, -0.1) is 0 Å². The molecule has 53 heavy (non-hydrogen) atoms. The number of Topliss-reactive ketones (excluding diaryl/α,β-unsaturated/α-hetero) is 1. The lowest BCUT2D eigenvalue weighted by Gasteiger charge is -2.43. The summed E-state index contributed by atoms with van der Waals surface area (Å²) in [4.78, 5) is 66.4. The highest BCUT2D eigenvalue weighted by atomic mass is 31.2. The van der Waals surface area contributed by atoms with Crippen molar-refractivity contribution in [2.75, 3.05) is 39.6 Å². The van der Waals surface area contributed by atoms with E-state index in [1.54, 1.807) is 6.92 Å². The molecule has 5 rings (SSSR count). The Labute approximate surface area is 304 Å². The molecule has 2 aliphatic carbocycles. The van der Waals surface area contributed by atoms with Gasteiger partial charge in [-0.1, -0.05) is 12.1 Å². The summed E-state index contributed by atoms with van der Waals surface area (Å²) < 4.78 is 29.8. The van der Waals surface area contributed by atoms with Gasteiger partial charge >= 0.3 is 0 Å². The lowest BCUT2D eigenvalue weighted by atomic mass is 9.71. The zero-order valence-electron chi connectivity index (χ0n) is 29.4. The van der Waals surface area contributed by atoms with E-state index in [2.05, 4.69) is 10.3 Å². The summed E-state index contributed by atoms with van der Waals surface area (Å²) in [6.45, 7) is 0.0485. The van der Waals surface area contributed by atoms with Gasteiger partial charge in [0.05, 0.1) is 61.0 Å². The number of fused-ring (bicyclic) bond motifs is 3. The van der Waals surface area contributed by atoms with Crippen molar-refractivity contribution < 1.29 is 68.4 Å². The molecule has 1 amide bonds. The zero-order chi connectivity index (χ0) is 39.0. The number of aromatic hydroxyl groups is 2. The number of hydrogen-bond donors (Lipinski definition) is 8. The third-order valence-electron chi connectivity index (χ3n) is 9.98. The minimum Gasteiger partial charge on any atom is -0.507 e. The van der Waals surface area contributed by atoms with Crippen molar-refractivity contribution in [3.63, 3.8) is 0 Å². The van der Waals surface area contributed by atoms with Crippen molar-refractivity contribution in [2.45, 2.75) is 75.3 Å². The molecule has 18 heteroatoms. The lowest BCUT2D eigenvalue weighted by Crippen LogP contribution is -2.53. The van der Waals surface area contributed by atoms with Gasteiger partial charge in [0.1, 0.15) is 22.8 Å². The van der Waals surface area contributed by atoms with E-state index in [-0.39, 0.29) is 59.1 Å². The smallest absolute Gasteiger partial charge is 0.220 e. The highest BCUT2D eigenvalue weighted by Gasteiger charge is 2.49. The summed E-state index contributed by atoms with van der Waals surface area (Å²) >= 11 is 0. The van der Waals surface area contributed by atoms with E-state index in [1.165, 1.54) is 32.4 Å². The third-order valence-corrected chi connectivity index (χ3v) is 11.8. The van der Waals surface area contributed by atoms with Gasteiger partial charge < -0.3 is 55.7 Å². The van der Waals surface area contributed by atoms with E-state index < -0.39 is 122 Å². The van der Waals surface area contributed by atoms with Gasteiger partial charge in [0.25, 0.3) is 0 Å². The topological polar surface area (TPSA) is 285 Å². The Hall–Kier alpha value is -4.06. The number of ketones is 3. The Morgan fingerprint density at radius 1 is 1.11 bits per heavy atom. The molecule has 1 saturated heterocycles. The Bertz CT molecular complexity index is 1890. The van der Waals surface area contributed by atoms with Crippen LogP contribution in [0.3, 0.4) is 0 Å². The number of benzene rings is 2. The third kappa shape index (κ3) is 7.93. The van der Waals surface area contributed by atoms with Gasteiger partial charge in [0, 0.05) is 74.2 Å². The molecule has 1 heterocycles. The lowest BCUT2D eigenvalue weighted by molar-refractivity contribution is -0.245. The molecule has 2 aromatic rings. The number of rotatable bonds is 13. The minimum absolute atomic E-state index is 0.0390. The van der Waals surface area contributed by atoms with Gasteiger partial charge in [-0.2, -0.15) is 0 Å². The monoisotopic (exact) mass is 761 g/mol. The van der Waals surface area contributed by atoms with Crippen LogP contribution in [0.2, 0.25) is 0 Å². The fourth-order valence-electron chi connectivity index (χ4n) is 7.03. The predicted octanol–water partition coefficient (Wildman–Crippen LogP) is 0.239. The quantitative estimate of drug-likeness (QED) is 0.0658. The van der Waals surface area contributed by atoms with Crippen LogP contribution in [0.1, 0.15) is 81.7 Å².